The Morgan fingerprint density at radius 1 is 1.29 bits per heavy atom. The van der Waals surface area contributed by atoms with Crippen LogP contribution in [0.3, 0.4) is 0 Å². The first-order valence-corrected chi connectivity index (χ1v) is 7.12. The van der Waals surface area contributed by atoms with Gasteiger partial charge in [0.25, 0.3) is 5.91 Å². The molecule has 0 aromatic heterocycles. The fourth-order valence-corrected chi connectivity index (χ4v) is 2.39. The Labute approximate surface area is 124 Å². The second kappa shape index (κ2) is 6.92. The topological polar surface area (TPSA) is 78.4 Å². The summed E-state index contributed by atoms with van der Waals surface area (Å²) in [5.74, 6) is -0.830. The lowest BCUT2D eigenvalue weighted by Crippen LogP contribution is -2.24. The highest BCUT2D eigenvalue weighted by Gasteiger charge is 2.16. The van der Waals surface area contributed by atoms with E-state index in [9.17, 15) is 9.59 Å². The third-order valence-electron chi connectivity index (χ3n) is 3.42. The summed E-state index contributed by atoms with van der Waals surface area (Å²) in [5.41, 5.74) is 3.58. The van der Waals surface area contributed by atoms with E-state index in [0.717, 1.165) is 23.2 Å². The average Bonchev–Trinajstić information content (AvgIpc) is 2.62. The molecule has 3 N–H and O–H groups in total. The number of carbonyl (C=O) groups excluding carboxylic acids is 1. The summed E-state index contributed by atoms with van der Waals surface area (Å²) in [6.07, 6.45) is 3.56. The summed E-state index contributed by atoms with van der Waals surface area (Å²) in [6.45, 7) is 3.29. The minimum atomic E-state index is -0.769. The third kappa shape index (κ3) is 4.08. The molecule has 0 spiro atoms. The minimum Gasteiger partial charge on any atom is -0.481 e. The van der Waals surface area contributed by atoms with Gasteiger partial charge in [-0.05, 0) is 31.4 Å². The van der Waals surface area contributed by atoms with Crippen LogP contribution in [0.4, 0.5) is 5.69 Å². The van der Waals surface area contributed by atoms with Crippen molar-refractivity contribution in [1.29, 1.82) is 0 Å². The van der Waals surface area contributed by atoms with Crippen molar-refractivity contribution >= 4 is 23.6 Å². The number of anilines is 1. The zero-order chi connectivity index (χ0) is 15.2. The molecule has 5 nitrogen and oxygen atoms in total. The van der Waals surface area contributed by atoms with E-state index in [4.69, 9.17) is 5.11 Å². The molecule has 21 heavy (non-hydrogen) atoms. The van der Waals surface area contributed by atoms with Gasteiger partial charge >= 0.3 is 5.97 Å². The Balaban J connectivity index is 2.18. The van der Waals surface area contributed by atoms with Crippen molar-refractivity contribution in [2.45, 2.75) is 26.2 Å². The molecular weight excluding hydrogens is 268 g/mol. The van der Waals surface area contributed by atoms with E-state index in [0.29, 0.717) is 25.1 Å². The van der Waals surface area contributed by atoms with Gasteiger partial charge in [0.2, 0.25) is 0 Å². The maximum Gasteiger partial charge on any atom is 0.303 e. The number of nitrogens with one attached hydrogen (secondary N) is 2. The van der Waals surface area contributed by atoms with E-state index in [1.807, 2.05) is 25.1 Å². The van der Waals surface area contributed by atoms with Gasteiger partial charge in [0, 0.05) is 19.5 Å². The number of aliphatic carboxylic acids is 1. The van der Waals surface area contributed by atoms with E-state index in [1.54, 1.807) is 6.07 Å². The molecule has 1 aliphatic rings. The zero-order valence-corrected chi connectivity index (χ0v) is 12.1. The van der Waals surface area contributed by atoms with Crippen LogP contribution >= 0.6 is 0 Å². The van der Waals surface area contributed by atoms with E-state index < -0.39 is 5.97 Å². The Hall–Kier alpha value is -2.30. The first kappa shape index (κ1) is 15.1. The van der Waals surface area contributed by atoms with Crippen LogP contribution < -0.4 is 10.6 Å². The van der Waals surface area contributed by atoms with E-state index in [-0.39, 0.29) is 12.3 Å². The molecule has 0 unspecified atom stereocenters. The van der Waals surface area contributed by atoms with Crippen LogP contribution in [0.25, 0.3) is 6.08 Å². The molecule has 0 radical (unpaired) electrons. The number of hydrogen-bond acceptors (Lipinski definition) is 3. The van der Waals surface area contributed by atoms with Crippen molar-refractivity contribution in [2.24, 2.45) is 0 Å². The molecular formula is C16H20N2O3. The van der Waals surface area contributed by atoms with Crippen LogP contribution in [0.15, 0.2) is 23.8 Å². The largest absolute Gasteiger partial charge is 0.481 e. The lowest BCUT2D eigenvalue weighted by molar-refractivity contribution is -0.137. The molecule has 0 bridgehead atoms. The summed E-state index contributed by atoms with van der Waals surface area (Å²) in [5, 5.41) is 14.8. The van der Waals surface area contributed by atoms with Crippen molar-refractivity contribution in [3.05, 3.63) is 34.9 Å². The first-order valence-electron chi connectivity index (χ1n) is 7.12. The first-order chi connectivity index (χ1) is 10.1. The van der Waals surface area contributed by atoms with E-state index in [2.05, 4.69) is 10.6 Å². The fourth-order valence-electron chi connectivity index (χ4n) is 2.39. The monoisotopic (exact) mass is 288 g/mol. The van der Waals surface area contributed by atoms with Gasteiger partial charge in [-0.3, -0.25) is 9.59 Å². The lowest BCUT2D eigenvalue weighted by Gasteiger charge is -2.11. The molecule has 1 amide bonds. The number of amides is 1. The standard InChI is InChI=1S/C16H20N2O3/c1-11(4-2-7-14(19)20)10-12-5-3-6-13-15(12)17-8-9-18-16(13)21/h3,5-6,10,17H,2,4,7-9H2,1H3,(H,18,21)(H,19,20)/b11-10+. The smallest absolute Gasteiger partial charge is 0.303 e. The molecule has 1 aromatic carbocycles. The summed E-state index contributed by atoms with van der Waals surface area (Å²) in [6, 6.07) is 5.63. The van der Waals surface area contributed by atoms with Gasteiger partial charge in [-0.2, -0.15) is 0 Å². The summed E-state index contributed by atoms with van der Waals surface area (Å²) in [4.78, 5) is 22.5. The number of carboxylic acid groups (broad SMARTS) is 1. The van der Waals surface area contributed by atoms with Gasteiger partial charge in [0.15, 0.2) is 0 Å². The predicted octanol–water partition coefficient (Wildman–Crippen LogP) is 2.50. The highest BCUT2D eigenvalue weighted by Crippen LogP contribution is 2.25. The fraction of sp³-hybridized carbons (Fsp3) is 0.375. The van der Waals surface area contributed by atoms with Crippen molar-refractivity contribution in [3.63, 3.8) is 0 Å². The molecule has 0 saturated carbocycles. The van der Waals surface area contributed by atoms with Gasteiger partial charge in [-0.15, -0.1) is 0 Å². The number of hydrogen-bond donors (Lipinski definition) is 3. The number of allylic oxidation sites excluding steroid dienone is 1. The summed E-state index contributed by atoms with van der Waals surface area (Å²) >= 11 is 0. The summed E-state index contributed by atoms with van der Waals surface area (Å²) < 4.78 is 0. The number of carboxylic acids is 1. The Morgan fingerprint density at radius 3 is 2.81 bits per heavy atom. The average molecular weight is 288 g/mol. The van der Waals surface area contributed by atoms with Crippen LogP contribution in [0.2, 0.25) is 0 Å². The molecule has 1 aliphatic heterocycles. The molecule has 0 atom stereocenters. The molecule has 1 aromatic rings. The Bertz CT molecular complexity index is 579. The third-order valence-corrected chi connectivity index (χ3v) is 3.42. The number of benzene rings is 1. The van der Waals surface area contributed by atoms with Gasteiger partial charge in [-0.25, -0.2) is 0 Å². The second-order valence-electron chi connectivity index (χ2n) is 5.19. The number of rotatable bonds is 5. The van der Waals surface area contributed by atoms with E-state index in [1.165, 1.54) is 0 Å². The number of fused-ring (bicyclic) bond motifs is 1. The molecule has 0 saturated heterocycles. The molecule has 0 fully saturated rings. The molecule has 5 heteroatoms. The van der Waals surface area contributed by atoms with Crippen molar-refractivity contribution < 1.29 is 14.7 Å². The number of carbonyl (C=O) groups is 2. The highest BCUT2D eigenvalue weighted by atomic mass is 16.4. The van der Waals surface area contributed by atoms with Crippen molar-refractivity contribution in [1.82, 2.24) is 5.32 Å². The lowest BCUT2D eigenvalue weighted by atomic mass is 10.0. The zero-order valence-electron chi connectivity index (χ0n) is 12.1. The summed E-state index contributed by atoms with van der Waals surface area (Å²) in [7, 11) is 0. The van der Waals surface area contributed by atoms with E-state index >= 15 is 0 Å². The van der Waals surface area contributed by atoms with Crippen LogP contribution in [0.5, 0.6) is 0 Å². The maximum atomic E-state index is 12.0. The van der Waals surface area contributed by atoms with Gasteiger partial charge in [-0.1, -0.05) is 23.8 Å². The molecule has 0 aliphatic carbocycles. The number of para-hydroxylation sites is 1. The predicted molar refractivity (Wildman–Crippen MR) is 82.4 cm³/mol. The maximum absolute atomic E-state index is 12.0. The second-order valence-corrected chi connectivity index (χ2v) is 5.19. The normalized spacial score (nSPS) is 14.7. The van der Waals surface area contributed by atoms with Crippen molar-refractivity contribution in [3.8, 4) is 0 Å². The highest BCUT2D eigenvalue weighted by molar-refractivity contribution is 6.02. The molecule has 2 rings (SSSR count). The quantitative estimate of drug-likeness (QED) is 0.778. The Morgan fingerprint density at radius 2 is 2.05 bits per heavy atom. The Kier molecular flexibility index (Phi) is 4.98. The van der Waals surface area contributed by atoms with Crippen LogP contribution in [0.1, 0.15) is 42.1 Å². The van der Waals surface area contributed by atoms with Crippen molar-refractivity contribution in [2.75, 3.05) is 18.4 Å². The van der Waals surface area contributed by atoms with Gasteiger partial charge in [0.05, 0.1) is 11.3 Å². The molecule has 1 heterocycles. The molecule has 112 valence electrons. The van der Waals surface area contributed by atoms with Gasteiger partial charge in [0.1, 0.15) is 0 Å². The van der Waals surface area contributed by atoms with Crippen LogP contribution in [0, 0.1) is 0 Å². The van der Waals surface area contributed by atoms with Gasteiger partial charge < -0.3 is 15.7 Å². The minimum absolute atomic E-state index is 0.0613. The van der Waals surface area contributed by atoms with Crippen LogP contribution in [-0.2, 0) is 4.79 Å². The SMILES string of the molecule is C/C(=C\c1cccc2c1NCCNC2=O)CCCC(=O)O. The van der Waals surface area contributed by atoms with Crippen LogP contribution in [-0.4, -0.2) is 30.1 Å².